The van der Waals surface area contributed by atoms with Crippen LogP contribution in [0.3, 0.4) is 0 Å². The molecule has 1 aliphatic carbocycles. The second-order valence-electron chi connectivity index (χ2n) is 5.53. The Labute approximate surface area is 137 Å². The zero-order chi connectivity index (χ0) is 15.7. The van der Waals surface area contributed by atoms with Crippen LogP contribution >= 0.6 is 11.6 Å². The summed E-state index contributed by atoms with van der Waals surface area (Å²) in [5.41, 5.74) is 1.22. The number of hydrogen-bond acceptors (Lipinski definition) is 2. The van der Waals surface area contributed by atoms with Gasteiger partial charge < -0.3 is 5.32 Å². The summed E-state index contributed by atoms with van der Waals surface area (Å²) in [6.07, 6.45) is 3.29. The van der Waals surface area contributed by atoms with Gasteiger partial charge in [0, 0.05) is 32.7 Å². The van der Waals surface area contributed by atoms with Crippen LogP contribution in [0, 0.1) is 0 Å². The largest absolute Gasteiger partial charge is 0.325 e. The molecule has 1 aliphatic rings. The first-order valence-electron chi connectivity index (χ1n) is 7.02. The Hall–Kier alpha value is -1.65. The highest BCUT2D eigenvalue weighted by molar-refractivity contribution is 7.84. The Morgan fingerprint density at radius 3 is 2.45 bits per heavy atom. The molecule has 0 bridgehead atoms. The van der Waals surface area contributed by atoms with Crippen molar-refractivity contribution in [3.05, 3.63) is 59.1 Å². The van der Waals surface area contributed by atoms with E-state index < -0.39 is 16.2 Å². The van der Waals surface area contributed by atoms with E-state index in [1.807, 2.05) is 30.3 Å². The summed E-state index contributed by atoms with van der Waals surface area (Å²) in [7, 11) is -1.06. The van der Waals surface area contributed by atoms with Crippen molar-refractivity contribution in [2.45, 2.75) is 23.2 Å². The molecule has 0 spiro atoms. The lowest BCUT2D eigenvalue weighted by Crippen LogP contribution is -2.27. The Balaban J connectivity index is 1.81. The van der Waals surface area contributed by atoms with Gasteiger partial charge in [0.2, 0.25) is 5.91 Å². The summed E-state index contributed by atoms with van der Waals surface area (Å²) >= 11 is 5.91. The molecule has 1 N–H and O–H groups in total. The van der Waals surface area contributed by atoms with Gasteiger partial charge in [-0.25, -0.2) is 0 Å². The Morgan fingerprint density at radius 2 is 1.86 bits per heavy atom. The third-order valence-corrected chi connectivity index (χ3v) is 5.18. The molecular formula is C17H16ClNO2S. The van der Waals surface area contributed by atoms with Crippen LogP contribution in [0.2, 0.25) is 5.02 Å². The molecule has 0 aliphatic heterocycles. The summed E-state index contributed by atoms with van der Waals surface area (Å²) in [5, 5.41) is 3.61. The normalized spacial score (nSPS) is 16.8. The number of amides is 1. The molecule has 1 saturated carbocycles. The number of rotatable bonds is 4. The van der Waals surface area contributed by atoms with E-state index in [1.165, 1.54) is 0 Å². The number of carbonyl (C=O) groups is 1. The maximum atomic E-state index is 12.6. The highest BCUT2D eigenvalue weighted by Crippen LogP contribution is 2.49. The van der Waals surface area contributed by atoms with Crippen LogP contribution < -0.4 is 5.32 Å². The van der Waals surface area contributed by atoms with Crippen LogP contribution in [0.25, 0.3) is 0 Å². The first-order chi connectivity index (χ1) is 10.5. The second kappa shape index (κ2) is 5.86. The zero-order valence-electron chi connectivity index (χ0n) is 12.1. The monoisotopic (exact) mass is 333 g/mol. The van der Waals surface area contributed by atoms with E-state index in [0.717, 1.165) is 18.4 Å². The SMILES string of the molecule is CS(=O)c1cccc(NC(=O)C2(c3ccc(Cl)cc3)CC2)c1. The van der Waals surface area contributed by atoms with Gasteiger partial charge in [0.05, 0.1) is 5.41 Å². The first-order valence-corrected chi connectivity index (χ1v) is 8.96. The summed E-state index contributed by atoms with van der Waals surface area (Å²) in [4.78, 5) is 13.3. The fraction of sp³-hybridized carbons (Fsp3) is 0.235. The molecule has 3 nitrogen and oxygen atoms in total. The lowest BCUT2D eigenvalue weighted by atomic mass is 9.95. The summed E-state index contributed by atoms with van der Waals surface area (Å²) in [5.74, 6) is -0.0196. The fourth-order valence-corrected chi connectivity index (χ4v) is 3.23. The predicted molar refractivity (Wildman–Crippen MR) is 89.8 cm³/mol. The number of nitrogens with one attached hydrogen (secondary N) is 1. The Kier molecular flexibility index (Phi) is 4.06. The molecule has 0 aromatic heterocycles. The number of anilines is 1. The van der Waals surface area contributed by atoms with Gasteiger partial charge in [-0.3, -0.25) is 9.00 Å². The average Bonchev–Trinajstić information content (AvgIpc) is 3.30. The van der Waals surface area contributed by atoms with Gasteiger partial charge in [0.15, 0.2) is 0 Å². The highest BCUT2D eigenvalue weighted by atomic mass is 35.5. The second-order valence-corrected chi connectivity index (χ2v) is 7.34. The Bertz CT molecular complexity index is 739. The quantitative estimate of drug-likeness (QED) is 0.926. The van der Waals surface area contributed by atoms with Gasteiger partial charge in [-0.15, -0.1) is 0 Å². The molecule has 0 radical (unpaired) electrons. The lowest BCUT2D eigenvalue weighted by molar-refractivity contribution is -0.118. The van der Waals surface area contributed by atoms with Crippen LogP contribution in [0.4, 0.5) is 5.69 Å². The first kappa shape index (κ1) is 15.3. The summed E-state index contributed by atoms with van der Waals surface area (Å²) < 4.78 is 11.5. The van der Waals surface area contributed by atoms with Crippen molar-refractivity contribution in [1.82, 2.24) is 0 Å². The Morgan fingerprint density at radius 1 is 1.18 bits per heavy atom. The van der Waals surface area contributed by atoms with Crippen LogP contribution in [0.1, 0.15) is 18.4 Å². The molecule has 22 heavy (non-hydrogen) atoms. The van der Waals surface area contributed by atoms with E-state index in [9.17, 15) is 9.00 Å². The van der Waals surface area contributed by atoms with Crippen molar-refractivity contribution in [2.75, 3.05) is 11.6 Å². The fourth-order valence-electron chi connectivity index (χ4n) is 2.54. The van der Waals surface area contributed by atoms with Gasteiger partial charge in [0.1, 0.15) is 0 Å². The van der Waals surface area contributed by atoms with Crippen molar-refractivity contribution in [2.24, 2.45) is 0 Å². The molecule has 1 fully saturated rings. The van der Waals surface area contributed by atoms with Crippen molar-refractivity contribution < 1.29 is 9.00 Å². The average molecular weight is 334 g/mol. The molecule has 2 aromatic carbocycles. The third-order valence-electron chi connectivity index (χ3n) is 4.01. The van der Waals surface area contributed by atoms with Gasteiger partial charge in [-0.1, -0.05) is 29.8 Å². The minimum atomic E-state index is -1.06. The van der Waals surface area contributed by atoms with Crippen molar-refractivity contribution >= 4 is 34.0 Å². The molecular weight excluding hydrogens is 318 g/mol. The molecule has 3 rings (SSSR count). The summed E-state index contributed by atoms with van der Waals surface area (Å²) in [6, 6.07) is 14.6. The molecule has 1 unspecified atom stereocenters. The zero-order valence-corrected chi connectivity index (χ0v) is 13.7. The topological polar surface area (TPSA) is 46.2 Å². The van der Waals surface area contributed by atoms with E-state index in [1.54, 1.807) is 24.5 Å². The van der Waals surface area contributed by atoms with Crippen LogP contribution in [0.5, 0.6) is 0 Å². The minimum Gasteiger partial charge on any atom is -0.325 e. The van der Waals surface area contributed by atoms with Crippen molar-refractivity contribution in [1.29, 1.82) is 0 Å². The third kappa shape index (κ3) is 2.94. The van der Waals surface area contributed by atoms with E-state index in [4.69, 9.17) is 11.6 Å². The van der Waals surface area contributed by atoms with Gasteiger partial charge in [-0.2, -0.15) is 0 Å². The lowest BCUT2D eigenvalue weighted by Gasteiger charge is -2.16. The van der Waals surface area contributed by atoms with Crippen molar-refractivity contribution in [3.8, 4) is 0 Å². The molecule has 114 valence electrons. The number of halogens is 1. The predicted octanol–water partition coefficient (Wildman–Crippen LogP) is 3.75. The highest BCUT2D eigenvalue weighted by Gasteiger charge is 2.51. The number of hydrogen-bond donors (Lipinski definition) is 1. The van der Waals surface area contributed by atoms with E-state index in [-0.39, 0.29) is 5.91 Å². The molecule has 2 aromatic rings. The number of benzene rings is 2. The minimum absolute atomic E-state index is 0.0196. The van der Waals surface area contributed by atoms with E-state index >= 15 is 0 Å². The van der Waals surface area contributed by atoms with Crippen LogP contribution in [0.15, 0.2) is 53.4 Å². The van der Waals surface area contributed by atoms with Gasteiger partial charge >= 0.3 is 0 Å². The molecule has 0 heterocycles. The van der Waals surface area contributed by atoms with Gasteiger partial charge in [0.25, 0.3) is 0 Å². The van der Waals surface area contributed by atoms with Crippen LogP contribution in [-0.4, -0.2) is 16.4 Å². The standard InChI is InChI=1S/C17H16ClNO2S/c1-22(21)15-4-2-3-14(11-15)19-16(20)17(9-10-17)12-5-7-13(18)8-6-12/h2-8,11H,9-10H2,1H3,(H,19,20). The smallest absolute Gasteiger partial charge is 0.235 e. The summed E-state index contributed by atoms with van der Waals surface area (Å²) in [6.45, 7) is 0. The molecule has 5 heteroatoms. The molecule has 1 atom stereocenters. The number of carbonyl (C=O) groups excluding carboxylic acids is 1. The maximum Gasteiger partial charge on any atom is 0.235 e. The molecule has 1 amide bonds. The van der Waals surface area contributed by atoms with Crippen molar-refractivity contribution in [3.63, 3.8) is 0 Å². The molecule has 0 saturated heterocycles. The van der Waals surface area contributed by atoms with E-state index in [0.29, 0.717) is 15.6 Å². The van der Waals surface area contributed by atoms with E-state index in [2.05, 4.69) is 5.32 Å². The van der Waals surface area contributed by atoms with Gasteiger partial charge in [-0.05, 0) is 48.7 Å². The van der Waals surface area contributed by atoms with Crippen LogP contribution in [-0.2, 0) is 21.0 Å². The maximum absolute atomic E-state index is 12.6.